The molecule has 2 rings (SSSR count). The number of aromatic nitrogens is 1. The van der Waals surface area contributed by atoms with Gasteiger partial charge < -0.3 is 10.1 Å². The van der Waals surface area contributed by atoms with Crippen molar-refractivity contribution < 1.29 is 14.3 Å². The number of esters is 1. The van der Waals surface area contributed by atoms with E-state index in [2.05, 4.69) is 26.2 Å². The van der Waals surface area contributed by atoms with Gasteiger partial charge in [-0.15, -0.1) is 0 Å². The quantitative estimate of drug-likeness (QED) is 0.857. The number of nitrogens with one attached hydrogen (secondary N) is 1. The Bertz CT molecular complexity index is 482. The molecular weight excluding hydrogens is 324 g/mol. The molecule has 1 heterocycles. The number of methoxy groups -OCH3 is 1. The van der Waals surface area contributed by atoms with Crippen LogP contribution < -0.4 is 5.32 Å². The fourth-order valence-electron chi connectivity index (χ4n) is 2.41. The van der Waals surface area contributed by atoms with Gasteiger partial charge in [0.15, 0.2) is 0 Å². The lowest BCUT2D eigenvalue weighted by molar-refractivity contribution is -0.146. The van der Waals surface area contributed by atoms with Crippen LogP contribution in [0.15, 0.2) is 22.8 Å². The standard InChI is InChI=1S/C14H17BrN2O3/c1-20-14(19)9-2-5-11(6-3-9)17-13(18)12-7-4-10(15)8-16-12/h4,7-9,11H,2-3,5-6H2,1H3,(H,17,18). The maximum Gasteiger partial charge on any atom is 0.308 e. The molecule has 0 aromatic carbocycles. The van der Waals surface area contributed by atoms with Crippen molar-refractivity contribution in [2.75, 3.05) is 7.11 Å². The molecule has 6 heteroatoms. The average molecular weight is 341 g/mol. The number of hydrogen-bond acceptors (Lipinski definition) is 4. The Labute approximate surface area is 126 Å². The Morgan fingerprint density at radius 1 is 1.30 bits per heavy atom. The van der Waals surface area contributed by atoms with Crippen molar-refractivity contribution >= 4 is 27.8 Å². The highest BCUT2D eigenvalue weighted by atomic mass is 79.9. The maximum atomic E-state index is 12.0. The van der Waals surface area contributed by atoms with Gasteiger partial charge in [0, 0.05) is 16.7 Å². The zero-order valence-corrected chi connectivity index (χ0v) is 12.9. The lowest BCUT2D eigenvalue weighted by atomic mass is 9.86. The predicted octanol–water partition coefficient (Wildman–Crippen LogP) is 2.31. The summed E-state index contributed by atoms with van der Waals surface area (Å²) in [7, 11) is 1.41. The molecule has 108 valence electrons. The second kappa shape index (κ2) is 6.83. The van der Waals surface area contributed by atoms with Gasteiger partial charge in [-0.25, -0.2) is 4.98 Å². The molecule has 5 nitrogen and oxygen atoms in total. The van der Waals surface area contributed by atoms with Gasteiger partial charge in [-0.05, 0) is 53.7 Å². The first-order valence-electron chi connectivity index (χ1n) is 6.60. The second-order valence-electron chi connectivity index (χ2n) is 4.91. The first-order valence-corrected chi connectivity index (χ1v) is 7.39. The Morgan fingerprint density at radius 2 is 2.00 bits per heavy atom. The third-order valence-electron chi connectivity index (χ3n) is 3.56. The van der Waals surface area contributed by atoms with Gasteiger partial charge in [-0.2, -0.15) is 0 Å². The minimum absolute atomic E-state index is 0.0287. The van der Waals surface area contributed by atoms with Crippen molar-refractivity contribution in [3.05, 3.63) is 28.5 Å². The van der Waals surface area contributed by atoms with Gasteiger partial charge >= 0.3 is 5.97 Å². The fourth-order valence-corrected chi connectivity index (χ4v) is 2.64. The van der Waals surface area contributed by atoms with E-state index < -0.39 is 0 Å². The number of halogens is 1. The molecule has 0 aliphatic heterocycles. The van der Waals surface area contributed by atoms with Crippen LogP contribution in [0.25, 0.3) is 0 Å². The van der Waals surface area contributed by atoms with Crippen LogP contribution in [0.5, 0.6) is 0 Å². The van der Waals surface area contributed by atoms with Crippen LogP contribution in [0, 0.1) is 5.92 Å². The molecule has 0 unspecified atom stereocenters. The molecule has 0 radical (unpaired) electrons. The number of hydrogen-bond donors (Lipinski definition) is 1. The van der Waals surface area contributed by atoms with Crippen molar-refractivity contribution in [1.29, 1.82) is 0 Å². The average Bonchev–Trinajstić information content (AvgIpc) is 2.48. The summed E-state index contributed by atoms with van der Waals surface area (Å²) in [6.45, 7) is 0. The summed E-state index contributed by atoms with van der Waals surface area (Å²) < 4.78 is 5.59. The van der Waals surface area contributed by atoms with E-state index >= 15 is 0 Å². The first-order chi connectivity index (χ1) is 9.60. The molecular formula is C14H17BrN2O3. The lowest BCUT2D eigenvalue weighted by Crippen LogP contribution is -2.39. The van der Waals surface area contributed by atoms with E-state index in [1.807, 2.05) is 0 Å². The van der Waals surface area contributed by atoms with Crippen LogP contribution in [0.2, 0.25) is 0 Å². The van der Waals surface area contributed by atoms with Gasteiger partial charge in [-0.3, -0.25) is 9.59 Å². The van der Waals surface area contributed by atoms with Crippen molar-refractivity contribution in [3.8, 4) is 0 Å². The van der Waals surface area contributed by atoms with Crippen LogP contribution in [0.4, 0.5) is 0 Å². The lowest BCUT2D eigenvalue weighted by Gasteiger charge is -2.27. The molecule has 0 bridgehead atoms. The summed E-state index contributed by atoms with van der Waals surface area (Å²) in [5, 5.41) is 2.96. The molecule has 1 aromatic heterocycles. The summed E-state index contributed by atoms with van der Waals surface area (Å²) in [5.41, 5.74) is 0.406. The van der Waals surface area contributed by atoms with E-state index in [0.29, 0.717) is 5.69 Å². The molecule has 0 saturated heterocycles. The van der Waals surface area contributed by atoms with E-state index in [-0.39, 0.29) is 23.8 Å². The molecule has 1 aromatic rings. The summed E-state index contributed by atoms with van der Waals surface area (Å²) in [6, 6.07) is 3.57. The SMILES string of the molecule is COC(=O)C1CCC(NC(=O)c2ccc(Br)cn2)CC1. The third kappa shape index (κ3) is 3.79. The number of carbonyl (C=O) groups excluding carboxylic acids is 2. The van der Waals surface area contributed by atoms with Crippen LogP contribution in [-0.2, 0) is 9.53 Å². The minimum atomic E-state index is -0.168. The maximum absolute atomic E-state index is 12.0. The third-order valence-corrected chi connectivity index (χ3v) is 4.03. The molecule has 1 aliphatic rings. The molecule has 1 amide bonds. The highest BCUT2D eigenvalue weighted by Gasteiger charge is 2.27. The van der Waals surface area contributed by atoms with Gasteiger partial charge in [0.05, 0.1) is 13.0 Å². The Balaban J connectivity index is 1.85. The van der Waals surface area contributed by atoms with Crippen molar-refractivity contribution in [2.24, 2.45) is 5.92 Å². The summed E-state index contributed by atoms with van der Waals surface area (Å²) >= 11 is 3.28. The highest BCUT2D eigenvalue weighted by Crippen LogP contribution is 2.25. The zero-order chi connectivity index (χ0) is 14.5. The van der Waals surface area contributed by atoms with Gasteiger partial charge in [0.1, 0.15) is 5.69 Å². The van der Waals surface area contributed by atoms with Gasteiger partial charge in [0.2, 0.25) is 0 Å². The Hall–Kier alpha value is -1.43. The second-order valence-corrected chi connectivity index (χ2v) is 5.82. The molecule has 0 atom stereocenters. The molecule has 1 aliphatic carbocycles. The predicted molar refractivity (Wildman–Crippen MR) is 77.2 cm³/mol. The van der Waals surface area contributed by atoms with E-state index in [1.165, 1.54) is 7.11 Å². The van der Waals surface area contributed by atoms with Crippen LogP contribution in [0.3, 0.4) is 0 Å². The highest BCUT2D eigenvalue weighted by molar-refractivity contribution is 9.10. The zero-order valence-electron chi connectivity index (χ0n) is 11.3. The largest absolute Gasteiger partial charge is 0.469 e. The number of ether oxygens (including phenoxy) is 1. The molecule has 1 N–H and O–H groups in total. The van der Waals surface area contributed by atoms with Crippen molar-refractivity contribution in [3.63, 3.8) is 0 Å². The monoisotopic (exact) mass is 340 g/mol. The number of rotatable bonds is 3. The number of pyridine rings is 1. The summed E-state index contributed by atoms with van der Waals surface area (Å²) in [5.74, 6) is -0.345. The minimum Gasteiger partial charge on any atom is -0.469 e. The molecule has 20 heavy (non-hydrogen) atoms. The molecule has 1 saturated carbocycles. The summed E-state index contributed by atoms with van der Waals surface area (Å²) in [6.07, 6.45) is 4.70. The number of carbonyl (C=O) groups is 2. The molecule has 1 fully saturated rings. The smallest absolute Gasteiger partial charge is 0.308 e. The van der Waals surface area contributed by atoms with Crippen molar-refractivity contribution in [2.45, 2.75) is 31.7 Å². The van der Waals surface area contributed by atoms with E-state index in [0.717, 1.165) is 30.2 Å². The topological polar surface area (TPSA) is 68.3 Å². The van der Waals surface area contributed by atoms with E-state index in [9.17, 15) is 9.59 Å². The normalized spacial score (nSPS) is 22.1. The first kappa shape index (κ1) is 15.0. The number of nitrogens with zero attached hydrogens (tertiary/aromatic N) is 1. The number of amides is 1. The Kier molecular flexibility index (Phi) is 5.11. The van der Waals surface area contributed by atoms with E-state index in [1.54, 1.807) is 18.3 Å². The Morgan fingerprint density at radius 3 is 2.55 bits per heavy atom. The van der Waals surface area contributed by atoms with Crippen LogP contribution in [-0.4, -0.2) is 30.0 Å². The van der Waals surface area contributed by atoms with E-state index in [4.69, 9.17) is 4.74 Å². The fraction of sp³-hybridized carbons (Fsp3) is 0.500. The summed E-state index contributed by atoms with van der Waals surface area (Å²) in [4.78, 5) is 27.5. The van der Waals surface area contributed by atoms with Crippen LogP contribution in [0.1, 0.15) is 36.2 Å². The molecule has 0 spiro atoms. The van der Waals surface area contributed by atoms with Gasteiger partial charge in [-0.1, -0.05) is 0 Å². The van der Waals surface area contributed by atoms with Crippen molar-refractivity contribution in [1.82, 2.24) is 10.3 Å². The van der Waals surface area contributed by atoms with Gasteiger partial charge in [0.25, 0.3) is 5.91 Å². The van der Waals surface area contributed by atoms with Crippen LogP contribution >= 0.6 is 15.9 Å².